The van der Waals surface area contributed by atoms with E-state index in [4.69, 9.17) is 9.15 Å². The monoisotopic (exact) mass is 242 g/mol. The zero-order valence-corrected chi connectivity index (χ0v) is 11.0. The minimum atomic E-state index is 0.0743. The van der Waals surface area contributed by atoms with E-state index >= 15 is 0 Å². The Kier molecular flexibility index (Phi) is 5.93. The van der Waals surface area contributed by atoms with Gasteiger partial charge in [0.15, 0.2) is 0 Å². The van der Waals surface area contributed by atoms with Gasteiger partial charge in [0.2, 0.25) is 5.89 Å². The second kappa shape index (κ2) is 7.24. The van der Waals surface area contributed by atoms with E-state index in [0.717, 1.165) is 6.54 Å². The molecule has 0 saturated heterocycles. The maximum absolute atomic E-state index is 5.50. The Bertz CT molecular complexity index is 316. The summed E-state index contributed by atoms with van der Waals surface area (Å²) in [5.41, 5.74) is 0. The van der Waals surface area contributed by atoms with E-state index in [9.17, 15) is 0 Å². The van der Waals surface area contributed by atoms with Gasteiger partial charge in [-0.25, -0.2) is 0 Å². The minimum absolute atomic E-state index is 0.0743. The van der Waals surface area contributed by atoms with Crippen LogP contribution in [0, 0.1) is 0 Å². The molecule has 0 amide bonds. The Morgan fingerprint density at radius 1 is 1.29 bits per heavy atom. The number of rotatable bonds is 8. The largest absolute Gasteiger partial charge is 0.406 e. The first kappa shape index (κ1) is 13.9. The second-order valence-corrected chi connectivity index (χ2v) is 3.93. The molecule has 1 aromatic heterocycles. The minimum Gasteiger partial charge on any atom is -0.406 e. The fourth-order valence-corrected chi connectivity index (χ4v) is 1.41. The topological polar surface area (TPSA) is 72.2 Å². The van der Waals surface area contributed by atoms with E-state index in [0.29, 0.717) is 25.1 Å². The van der Waals surface area contributed by atoms with Crippen LogP contribution in [0.5, 0.6) is 0 Å². The summed E-state index contributed by atoms with van der Waals surface area (Å²) in [6.07, 6.45) is 0. The summed E-state index contributed by atoms with van der Waals surface area (Å²) < 4.78 is 10.8. The van der Waals surface area contributed by atoms with E-state index in [2.05, 4.69) is 20.8 Å². The SMILES string of the molecule is CCNC(C)c1nnc(NC(C)COCC)o1. The lowest BCUT2D eigenvalue weighted by Gasteiger charge is -2.11. The highest BCUT2D eigenvalue weighted by Gasteiger charge is 2.13. The highest BCUT2D eigenvalue weighted by molar-refractivity contribution is 5.19. The van der Waals surface area contributed by atoms with Gasteiger partial charge in [-0.2, -0.15) is 0 Å². The van der Waals surface area contributed by atoms with Crippen LogP contribution in [0.15, 0.2) is 4.42 Å². The van der Waals surface area contributed by atoms with Gasteiger partial charge in [0.1, 0.15) is 0 Å². The lowest BCUT2D eigenvalue weighted by Crippen LogP contribution is -2.21. The van der Waals surface area contributed by atoms with Gasteiger partial charge in [0.25, 0.3) is 0 Å². The molecule has 0 aliphatic rings. The smallest absolute Gasteiger partial charge is 0.315 e. The van der Waals surface area contributed by atoms with E-state index in [-0.39, 0.29) is 12.1 Å². The van der Waals surface area contributed by atoms with E-state index in [1.807, 2.05) is 27.7 Å². The number of nitrogens with one attached hydrogen (secondary N) is 2. The Hall–Kier alpha value is -1.14. The first-order valence-corrected chi connectivity index (χ1v) is 6.08. The van der Waals surface area contributed by atoms with Gasteiger partial charge in [-0.15, -0.1) is 5.10 Å². The van der Waals surface area contributed by atoms with Crippen LogP contribution in [0.2, 0.25) is 0 Å². The van der Waals surface area contributed by atoms with E-state index in [1.54, 1.807) is 0 Å². The third-order valence-corrected chi connectivity index (χ3v) is 2.26. The van der Waals surface area contributed by atoms with Gasteiger partial charge in [0.05, 0.1) is 18.7 Å². The van der Waals surface area contributed by atoms with Gasteiger partial charge in [-0.05, 0) is 27.3 Å². The van der Waals surface area contributed by atoms with Gasteiger partial charge in [0, 0.05) is 6.61 Å². The van der Waals surface area contributed by atoms with Crippen molar-refractivity contribution in [3.8, 4) is 0 Å². The van der Waals surface area contributed by atoms with Crippen LogP contribution in [-0.4, -0.2) is 36.0 Å². The highest BCUT2D eigenvalue weighted by Crippen LogP contribution is 2.13. The third-order valence-electron chi connectivity index (χ3n) is 2.26. The van der Waals surface area contributed by atoms with Crippen LogP contribution in [0.4, 0.5) is 6.01 Å². The summed E-state index contributed by atoms with van der Waals surface area (Å²) in [7, 11) is 0. The zero-order chi connectivity index (χ0) is 12.7. The van der Waals surface area contributed by atoms with Crippen molar-refractivity contribution in [2.45, 2.75) is 39.8 Å². The van der Waals surface area contributed by atoms with Crippen molar-refractivity contribution in [1.29, 1.82) is 0 Å². The Labute approximate surface area is 102 Å². The average Bonchev–Trinajstić information content (AvgIpc) is 2.75. The zero-order valence-electron chi connectivity index (χ0n) is 11.0. The number of aromatic nitrogens is 2. The summed E-state index contributed by atoms with van der Waals surface area (Å²) >= 11 is 0. The molecule has 0 saturated carbocycles. The molecule has 1 heterocycles. The first-order chi connectivity index (χ1) is 8.17. The molecule has 0 fully saturated rings. The maximum Gasteiger partial charge on any atom is 0.315 e. The lowest BCUT2D eigenvalue weighted by atomic mass is 10.3. The molecule has 2 atom stereocenters. The molecule has 0 aromatic carbocycles. The number of anilines is 1. The summed E-state index contributed by atoms with van der Waals surface area (Å²) in [5, 5.41) is 14.2. The van der Waals surface area contributed by atoms with Crippen LogP contribution in [0.25, 0.3) is 0 Å². The molecule has 1 rings (SSSR count). The molecule has 0 aliphatic carbocycles. The van der Waals surface area contributed by atoms with E-state index < -0.39 is 0 Å². The Morgan fingerprint density at radius 3 is 2.71 bits per heavy atom. The fraction of sp³-hybridized carbons (Fsp3) is 0.818. The van der Waals surface area contributed by atoms with Crippen molar-refractivity contribution in [1.82, 2.24) is 15.5 Å². The summed E-state index contributed by atoms with van der Waals surface area (Å²) in [6, 6.07) is 0.667. The summed E-state index contributed by atoms with van der Waals surface area (Å²) in [4.78, 5) is 0. The first-order valence-electron chi connectivity index (χ1n) is 6.08. The Balaban J connectivity index is 2.44. The standard InChI is InChI=1S/C11H22N4O2/c1-5-12-9(4)10-14-15-11(17-10)13-8(3)7-16-6-2/h8-9,12H,5-7H2,1-4H3,(H,13,15). The predicted octanol–water partition coefficient (Wildman–Crippen LogP) is 1.58. The maximum atomic E-state index is 5.50. The number of hydrogen-bond donors (Lipinski definition) is 2. The third kappa shape index (κ3) is 4.70. The molecule has 0 aliphatic heterocycles. The van der Waals surface area contributed by atoms with Gasteiger partial charge < -0.3 is 19.8 Å². The van der Waals surface area contributed by atoms with Crippen LogP contribution in [0.3, 0.4) is 0 Å². The average molecular weight is 242 g/mol. The molecular weight excluding hydrogens is 220 g/mol. The number of hydrogen-bond acceptors (Lipinski definition) is 6. The van der Waals surface area contributed by atoms with Crippen molar-refractivity contribution >= 4 is 6.01 Å². The van der Waals surface area contributed by atoms with Crippen molar-refractivity contribution in [2.75, 3.05) is 25.1 Å². The van der Waals surface area contributed by atoms with Crippen molar-refractivity contribution < 1.29 is 9.15 Å². The molecule has 0 spiro atoms. The molecule has 2 N–H and O–H groups in total. The summed E-state index contributed by atoms with van der Waals surface area (Å²) in [6.45, 7) is 10.2. The van der Waals surface area contributed by atoms with Crippen molar-refractivity contribution in [2.24, 2.45) is 0 Å². The molecule has 2 unspecified atom stereocenters. The fourth-order valence-electron chi connectivity index (χ4n) is 1.41. The molecule has 0 bridgehead atoms. The van der Waals surface area contributed by atoms with E-state index in [1.165, 1.54) is 0 Å². The lowest BCUT2D eigenvalue weighted by molar-refractivity contribution is 0.140. The predicted molar refractivity (Wildman–Crippen MR) is 66.0 cm³/mol. The van der Waals surface area contributed by atoms with Crippen LogP contribution in [-0.2, 0) is 4.74 Å². The molecule has 1 aromatic rings. The van der Waals surface area contributed by atoms with Gasteiger partial charge >= 0.3 is 6.01 Å². The molecule has 98 valence electrons. The van der Waals surface area contributed by atoms with Gasteiger partial charge in [-0.3, -0.25) is 0 Å². The van der Waals surface area contributed by atoms with Gasteiger partial charge in [-0.1, -0.05) is 12.0 Å². The van der Waals surface area contributed by atoms with Crippen LogP contribution in [0.1, 0.15) is 39.6 Å². The number of ether oxygens (including phenoxy) is 1. The van der Waals surface area contributed by atoms with Crippen LogP contribution < -0.4 is 10.6 Å². The summed E-state index contributed by atoms with van der Waals surface area (Å²) in [5.74, 6) is 0.595. The molecule has 6 heteroatoms. The molecule has 17 heavy (non-hydrogen) atoms. The number of nitrogens with zero attached hydrogens (tertiary/aromatic N) is 2. The van der Waals surface area contributed by atoms with Crippen molar-refractivity contribution in [3.63, 3.8) is 0 Å². The highest BCUT2D eigenvalue weighted by atomic mass is 16.5. The molecule has 0 radical (unpaired) electrons. The quantitative estimate of drug-likeness (QED) is 0.721. The normalized spacial score (nSPS) is 14.6. The second-order valence-electron chi connectivity index (χ2n) is 3.93. The molecule has 6 nitrogen and oxygen atoms in total. The van der Waals surface area contributed by atoms with Crippen LogP contribution >= 0.6 is 0 Å². The Morgan fingerprint density at radius 2 is 2.06 bits per heavy atom. The molecular formula is C11H22N4O2. The van der Waals surface area contributed by atoms with Crippen molar-refractivity contribution in [3.05, 3.63) is 5.89 Å².